The number of likely N-dealkylation sites (N-methyl/N-ethyl adjacent to an activating group) is 1. The highest BCUT2D eigenvalue weighted by Gasteiger charge is 2.12. The van der Waals surface area contributed by atoms with Gasteiger partial charge in [0.2, 0.25) is 0 Å². The van der Waals surface area contributed by atoms with Gasteiger partial charge in [-0.3, -0.25) is 0 Å². The Hall–Kier alpha value is -0.860. The van der Waals surface area contributed by atoms with Crippen LogP contribution in [0.15, 0.2) is 18.2 Å². The molecule has 0 aromatic heterocycles. The van der Waals surface area contributed by atoms with E-state index in [2.05, 4.69) is 51.2 Å². The molecule has 0 amide bonds. The molecule has 1 unspecified atom stereocenters. The summed E-state index contributed by atoms with van der Waals surface area (Å²) in [7, 11) is 1.99. The van der Waals surface area contributed by atoms with Crippen molar-refractivity contribution in [3.05, 3.63) is 34.9 Å². The third-order valence-corrected chi connectivity index (χ3v) is 2.89. The van der Waals surface area contributed by atoms with E-state index in [1.54, 1.807) is 0 Å². The van der Waals surface area contributed by atoms with Crippen LogP contribution in [0.5, 0.6) is 0 Å². The normalized spacial score (nSPS) is 13.1. The number of benzene rings is 1. The standard InChI is InChI=1S/C15H25NO/c1-11(2)9-17-10-15(16-5)14-8-12(3)6-7-13(14)4/h6-8,11,15-16H,9-10H2,1-5H3. The molecular weight excluding hydrogens is 210 g/mol. The summed E-state index contributed by atoms with van der Waals surface area (Å²) < 4.78 is 5.73. The molecule has 17 heavy (non-hydrogen) atoms. The largest absolute Gasteiger partial charge is 0.379 e. The smallest absolute Gasteiger partial charge is 0.0661 e. The maximum atomic E-state index is 5.73. The molecule has 0 aliphatic carbocycles. The molecule has 96 valence electrons. The lowest BCUT2D eigenvalue weighted by Crippen LogP contribution is -2.23. The molecule has 0 spiro atoms. The second-order valence-corrected chi connectivity index (χ2v) is 5.13. The summed E-state index contributed by atoms with van der Waals surface area (Å²) >= 11 is 0. The van der Waals surface area contributed by atoms with Crippen molar-refractivity contribution in [3.63, 3.8) is 0 Å². The van der Waals surface area contributed by atoms with Gasteiger partial charge in [-0.15, -0.1) is 0 Å². The monoisotopic (exact) mass is 235 g/mol. The minimum atomic E-state index is 0.286. The van der Waals surface area contributed by atoms with E-state index in [9.17, 15) is 0 Å². The predicted octanol–water partition coefficient (Wildman–Crippen LogP) is 3.24. The molecule has 0 saturated carbocycles. The lowest BCUT2D eigenvalue weighted by molar-refractivity contribution is 0.0918. The number of hydrogen-bond acceptors (Lipinski definition) is 2. The third kappa shape index (κ3) is 4.49. The zero-order valence-electron chi connectivity index (χ0n) is 11.7. The fourth-order valence-corrected chi connectivity index (χ4v) is 1.89. The molecule has 2 nitrogen and oxygen atoms in total. The fraction of sp³-hybridized carbons (Fsp3) is 0.600. The summed E-state index contributed by atoms with van der Waals surface area (Å²) in [5.41, 5.74) is 3.97. The van der Waals surface area contributed by atoms with Crippen LogP contribution in [0.4, 0.5) is 0 Å². The van der Waals surface area contributed by atoms with Gasteiger partial charge in [-0.05, 0) is 37.9 Å². The van der Waals surface area contributed by atoms with Crippen LogP contribution in [0.25, 0.3) is 0 Å². The first-order valence-corrected chi connectivity index (χ1v) is 6.36. The number of aryl methyl sites for hydroxylation is 2. The third-order valence-electron chi connectivity index (χ3n) is 2.89. The Balaban J connectivity index is 2.68. The van der Waals surface area contributed by atoms with Crippen LogP contribution in [0.3, 0.4) is 0 Å². The van der Waals surface area contributed by atoms with E-state index >= 15 is 0 Å². The van der Waals surface area contributed by atoms with Gasteiger partial charge in [-0.2, -0.15) is 0 Å². The van der Waals surface area contributed by atoms with E-state index in [4.69, 9.17) is 4.74 Å². The first-order chi connectivity index (χ1) is 8.04. The highest BCUT2D eigenvalue weighted by molar-refractivity contribution is 5.33. The molecule has 0 radical (unpaired) electrons. The lowest BCUT2D eigenvalue weighted by Gasteiger charge is -2.20. The van der Waals surface area contributed by atoms with Gasteiger partial charge in [0.1, 0.15) is 0 Å². The van der Waals surface area contributed by atoms with Crippen molar-refractivity contribution in [2.45, 2.75) is 33.7 Å². The molecule has 2 heteroatoms. The Kier molecular flexibility index (Phi) is 5.66. The van der Waals surface area contributed by atoms with Gasteiger partial charge >= 0.3 is 0 Å². The van der Waals surface area contributed by atoms with Crippen molar-refractivity contribution in [2.75, 3.05) is 20.3 Å². The van der Waals surface area contributed by atoms with Crippen molar-refractivity contribution in [1.82, 2.24) is 5.32 Å². The van der Waals surface area contributed by atoms with E-state index in [1.165, 1.54) is 16.7 Å². The van der Waals surface area contributed by atoms with Crippen LogP contribution in [0, 0.1) is 19.8 Å². The first-order valence-electron chi connectivity index (χ1n) is 6.36. The summed E-state index contributed by atoms with van der Waals surface area (Å²) in [5, 5.41) is 3.34. The van der Waals surface area contributed by atoms with Crippen LogP contribution in [0.2, 0.25) is 0 Å². The quantitative estimate of drug-likeness (QED) is 0.817. The van der Waals surface area contributed by atoms with Crippen molar-refractivity contribution in [3.8, 4) is 0 Å². The predicted molar refractivity (Wildman–Crippen MR) is 73.4 cm³/mol. The van der Waals surface area contributed by atoms with Gasteiger partial charge in [0.15, 0.2) is 0 Å². The van der Waals surface area contributed by atoms with Crippen LogP contribution in [-0.2, 0) is 4.74 Å². The average Bonchev–Trinajstić information content (AvgIpc) is 2.28. The first kappa shape index (κ1) is 14.2. The second-order valence-electron chi connectivity index (χ2n) is 5.13. The second kappa shape index (κ2) is 6.77. The van der Waals surface area contributed by atoms with Gasteiger partial charge in [-0.1, -0.05) is 37.6 Å². The molecule has 0 aliphatic rings. The van der Waals surface area contributed by atoms with E-state index in [0.717, 1.165) is 13.2 Å². The summed E-state index contributed by atoms with van der Waals surface area (Å²) in [5.74, 6) is 0.589. The van der Waals surface area contributed by atoms with Gasteiger partial charge < -0.3 is 10.1 Å². The van der Waals surface area contributed by atoms with E-state index in [-0.39, 0.29) is 6.04 Å². The van der Waals surface area contributed by atoms with Crippen LogP contribution < -0.4 is 5.32 Å². The molecule has 1 rings (SSSR count). The van der Waals surface area contributed by atoms with E-state index in [0.29, 0.717) is 5.92 Å². The average molecular weight is 235 g/mol. The number of hydrogen-bond donors (Lipinski definition) is 1. The Morgan fingerprint density at radius 2 is 1.88 bits per heavy atom. The van der Waals surface area contributed by atoms with Crippen LogP contribution in [-0.4, -0.2) is 20.3 Å². The van der Waals surface area contributed by atoms with Crippen molar-refractivity contribution in [1.29, 1.82) is 0 Å². The molecule has 0 aliphatic heterocycles. The maximum absolute atomic E-state index is 5.73. The van der Waals surface area contributed by atoms with Gasteiger partial charge in [0, 0.05) is 6.61 Å². The lowest BCUT2D eigenvalue weighted by atomic mass is 9.99. The minimum absolute atomic E-state index is 0.286. The molecule has 0 heterocycles. The van der Waals surface area contributed by atoms with Gasteiger partial charge in [0.25, 0.3) is 0 Å². The Labute approximate surface area is 105 Å². The van der Waals surface area contributed by atoms with E-state index in [1.807, 2.05) is 7.05 Å². The molecule has 1 aromatic carbocycles. The summed E-state index contributed by atoms with van der Waals surface area (Å²) in [6.07, 6.45) is 0. The number of rotatable bonds is 6. The Bertz CT molecular complexity index is 347. The molecule has 0 saturated heterocycles. The van der Waals surface area contributed by atoms with Crippen LogP contribution in [0.1, 0.15) is 36.6 Å². The summed E-state index contributed by atoms with van der Waals surface area (Å²) in [6, 6.07) is 6.86. The molecule has 0 fully saturated rings. The van der Waals surface area contributed by atoms with Crippen molar-refractivity contribution < 1.29 is 4.74 Å². The molecular formula is C15H25NO. The van der Waals surface area contributed by atoms with Crippen molar-refractivity contribution in [2.24, 2.45) is 5.92 Å². The fourth-order valence-electron chi connectivity index (χ4n) is 1.89. The van der Waals surface area contributed by atoms with E-state index < -0.39 is 0 Å². The molecule has 1 aromatic rings. The maximum Gasteiger partial charge on any atom is 0.0661 e. The van der Waals surface area contributed by atoms with Gasteiger partial charge in [-0.25, -0.2) is 0 Å². The SMILES string of the molecule is CNC(COCC(C)C)c1cc(C)ccc1C. The topological polar surface area (TPSA) is 21.3 Å². The highest BCUT2D eigenvalue weighted by Crippen LogP contribution is 2.19. The van der Waals surface area contributed by atoms with Crippen LogP contribution >= 0.6 is 0 Å². The zero-order valence-corrected chi connectivity index (χ0v) is 11.7. The number of nitrogens with one attached hydrogen (secondary N) is 1. The van der Waals surface area contributed by atoms with Crippen molar-refractivity contribution >= 4 is 0 Å². The zero-order chi connectivity index (χ0) is 12.8. The molecule has 1 N–H and O–H groups in total. The minimum Gasteiger partial charge on any atom is -0.379 e. The summed E-state index contributed by atoms with van der Waals surface area (Å²) in [4.78, 5) is 0. The molecule has 0 bridgehead atoms. The summed E-state index contributed by atoms with van der Waals surface area (Å²) in [6.45, 7) is 10.2. The highest BCUT2D eigenvalue weighted by atomic mass is 16.5. The van der Waals surface area contributed by atoms with Gasteiger partial charge in [0.05, 0.1) is 12.6 Å². The Morgan fingerprint density at radius 3 is 2.47 bits per heavy atom. The number of ether oxygens (including phenoxy) is 1. The Morgan fingerprint density at radius 1 is 1.18 bits per heavy atom. The molecule has 1 atom stereocenters.